The van der Waals surface area contributed by atoms with Crippen LogP contribution in [-0.4, -0.2) is 30.7 Å². The van der Waals surface area contributed by atoms with Crippen molar-refractivity contribution in [3.63, 3.8) is 0 Å². The first kappa shape index (κ1) is 20.8. The number of amidine groups is 1. The van der Waals surface area contributed by atoms with Gasteiger partial charge in [0, 0.05) is 19.5 Å². The molecule has 154 valence electrons. The highest BCUT2D eigenvalue weighted by atomic mass is 32.2. The molecule has 0 saturated heterocycles. The molecule has 0 aliphatic heterocycles. The third-order valence-electron chi connectivity index (χ3n) is 5.74. The first-order valence-electron chi connectivity index (χ1n) is 9.85. The van der Waals surface area contributed by atoms with Gasteiger partial charge in [0.1, 0.15) is 23.2 Å². The van der Waals surface area contributed by atoms with Crippen LogP contribution in [0.25, 0.3) is 0 Å². The van der Waals surface area contributed by atoms with Crippen molar-refractivity contribution in [2.45, 2.75) is 58.4 Å². The third-order valence-corrected chi connectivity index (χ3v) is 6.19. The number of anilines is 1. The van der Waals surface area contributed by atoms with Gasteiger partial charge in [-0.05, 0) is 50.0 Å². The molecule has 3 rings (SSSR count). The van der Waals surface area contributed by atoms with E-state index in [1.165, 1.54) is 24.0 Å². The predicted octanol–water partition coefficient (Wildman–Crippen LogP) is 2.25. The van der Waals surface area contributed by atoms with Gasteiger partial charge in [0.2, 0.25) is 11.3 Å². The number of allylic oxidation sites excluding steroid dienone is 4. The first-order valence-corrected chi connectivity index (χ1v) is 11.0. The number of nitrogen functional groups attached to an aromatic ring is 2. The largest absolute Gasteiger partial charge is 0.383 e. The van der Waals surface area contributed by atoms with E-state index in [-0.39, 0.29) is 5.84 Å². The fraction of sp³-hybridized carbons (Fsp3) is 0.579. The minimum Gasteiger partial charge on any atom is -0.383 e. The maximum atomic E-state index is 10.8. The zero-order valence-corrected chi connectivity index (χ0v) is 17.1. The van der Waals surface area contributed by atoms with Crippen molar-refractivity contribution in [1.82, 2.24) is 14.3 Å². The molecule has 1 heterocycles. The summed E-state index contributed by atoms with van der Waals surface area (Å²) in [6.07, 6.45) is 9.53. The summed E-state index contributed by atoms with van der Waals surface area (Å²) >= 11 is -2.03. The van der Waals surface area contributed by atoms with E-state index in [0.29, 0.717) is 43.4 Å². The molecular formula is C19H30N6O2S. The maximum absolute atomic E-state index is 10.8. The smallest absolute Gasteiger partial charge is 0.231 e. The lowest BCUT2D eigenvalue weighted by Crippen LogP contribution is -2.20. The molecule has 0 bridgehead atoms. The van der Waals surface area contributed by atoms with Crippen LogP contribution in [0, 0.1) is 11.3 Å². The fourth-order valence-corrected chi connectivity index (χ4v) is 4.60. The van der Waals surface area contributed by atoms with Gasteiger partial charge in [0.15, 0.2) is 0 Å². The second-order valence-corrected chi connectivity index (χ2v) is 8.30. The van der Waals surface area contributed by atoms with Crippen LogP contribution >= 0.6 is 0 Å². The van der Waals surface area contributed by atoms with Crippen molar-refractivity contribution in [2.24, 2.45) is 11.7 Å². The van der Waals surface area contributed by atoms with Gasteiger partial charge >= 0.3 is 0 Å². The zero-order valence-electron chi connectivity index (χ0n) is 16.3. The van der Waals surface area contributed by atoms with Crippen LogP contribution in [-0.2, 0) is 24.2 Å². The van der Waals surface area contributed by atoms with E-state index in [1.54, 1.807) is 5.57 Å². The number of aromatic nitrogens is 2. The van der Waals surface area contributed by atoms with E-state index in [1.807, 2.05) is 4.57 Å². The first-order chi connectivity index (χ1) is 13.4. The highest BCUT2D eigenvalue weighted by molar-refractivity contribution is 7.77. The van der Waals surface area contributed by atoms with E-state index in [0.717, 1.165) is 25.1 Å². The second kappa shape index (κ2) is 9.02. The van der Waals surface area contributed by atoms with Crippen molar-refractivity contribution in [3.8, 4) is 0 Å². The second-order valence-electron chi connectivity index (χ2n) is 7.51. The molecule has 0 aromatic carbocycles. The summed E-state index contributed by atoms with van der Waals surface area (Å²) in [4.78, 5) is 4.57. The number of rotatable bonds is 9. The summed E-state index contributed by atoms with van der Waals surface area (Å²) in [5.41, 5.74) is 16.7. The van der Waals surface area contributed by atoms with Crippen molar-refractivity contribution >= 4 is 22.9 Å². The molecule has 7 N–H and O–H groups in total. The third kappa shape index (κ3) is 4.53. The molecule has 0 saturated carbocycles. The van der Waals surface area contributed by atoms with Crippen LogP contribution in [0.1, 0.15) is 57.0 Å². The molecule has 8 nitrogen and oxygen atoms in total. The van der Waals surface area contributed by atoms with Crippen molar-refractivity contribution in [3.05, 3.63) is 34.3 Å². The standard InChI is InChI=1S/C19H30N6O2S/c1-2-12-9-13-5-3-6-14(13)10-15(12)11-16-24-17(18(20)21)19(22)25(16)8-4-7-23-28(26)27/h10,12,23H,2-9,11,22H2,1H3,(H3,20,21)(H,26,27). The average Bonchev–Trinajstić information content (AvgIpc) is 3.22. The maximum Gasteiger partial charge on any atom is 0.231 e. The SMILES string of the molecule is CCC1CC2=C(C=C1Cc1nc(C(=N)N)c(N)n1CCCNS(=O)O)CCC2. The highest BCUT2D eigenvalue weighted by Gasteiger charge is 2.26. The van der Waals surface area contributed by atoms with E-state index < -0.39 is 11.3 Å². The van der Waals surface area contributed by atoms with Gasteiger partial charge in [-0.2, -0.15) is 0 Å². The van der Waals surface area contributed by atoms with Crippen LogP contribution in [0.5, 0.6) is 0 Å². The Kier molecular flexibility index (Phi) is 6.69. The summed E-state index contributed by atoms with van der Waals surface area (Å²) in [6.45, 7) is 3.15. The quantitative estimate of drug-likeness (QED) is 0.185. The summed E-state index contributed by atoms with van der Waals surface area (Å²) in [5.74, 6) is 1.57. The van der Waals surface area contributed by atoms with Gasteiger partial charge in [-0.1, -0.05) is 24.1 Å². The van der Waals surface area contributed by atoms with Gasteiger partial charge in [-0.3, -0.25) is 9.96 Å². The number of imidazole rings is 1. The summed E-state index contributed by atoms with van der Waals surface area (Å²) in [7, 11) is 0. The Hall–Kier alpha value is -1.97. The monoisotopic (exact) mass is 406 g/mol. The molecule has 2 aliphatic rings. The predicted molar refractivity (Wildman–Crippen MR) is 112 cm³/mol. The molecule has 1 aromatic heterocycles. The Morgan fingerprint density at radius 2 is 2.29 bits per heavy atom. The van der Waals surface area contributed by atoms with Crippen molar-refractivity contribution in [1.29, 1.82) is 5.41 Å². The molecule has 1 aromatic rings. The van der Waals surface area contributed by atoms with Gasteiger partial charge < -0.3 is 16.0 Å². The topological polar surface area (TPSA) is 143 Å². The number of hydrogen-bond acceptors (Lipinski definition) is 4. The lowest BCUT2D eigenvalue weighted by Gasteiger charge is -2.25. The lowest BCUT2D eigenvalue weighted by atomic mass is 9.81. The Balaban J connectivity index is 1.84. The molecule has 0 fully saturated rings. The molecular weight excluding hydrogens is 376 g/mol. The van der Waals surface area contributed by atoms with Crippen LogP contribution in [0.15, 0.2) is 22.8 Å². The molecule has 0 amide bonds. The summed E-state index contributed by atoms with van der Waals surface area (Å²) in [6, 6.07) is 0. The van der Waals surface area contributed by atoms with Gasteiger partial charge in [0.25, 0.3) is 0 Å². The Labute approximate surface area is 168 Å². The van der Waals surface area contributed by atoms with E-state index >= 15 is 0 Å². The van der Waals surface area contributed by atoms with E-state index in [2.05, 4.69) is 22.7 Å². The fourth-order valence-electron chi connectivity index (χ4n) is 4.28. The van der Waals surface area contributed by atoms with E-state index in [9.17, 15) is 4.21 Å². The van der Waals surface area contributed by atoms with Crippen LogP contribution < -0.4 is 16.2 Å². The number of nitrogens with zero attached hydrogens (tertiary/aromatic N) is 2. The molecule has 9 heteroatoms. The number of hydrogen-bond donors (Lipinski definition) is 5. The van der Waals surface area contributed by atoms with Crippen molar-refractivity contribution in [2.75, 3.05) is 12.3 Å². The zero-order chi connectivity index (χ0) is 20.3. The molecule has 0 spiro atoms. The van der Waals surface area contributed by atoms with Crippen LogP contribution in [0.3, 0.4) is 0 Å². The Morgan fingerprint density at radius 3 is 2.96 bits per heavy atom. The molecule has 0 radical (unpaired) electrons. The van der Waals surface area contributed by atoms with Gasteiger partial charge in [-0.25, -0.2) is 13.9 Å². The molecule has 2 unspecified atom stereocenters. The summed E-state index contributed by atoms with van der Waals surface area (Å²) in [5, 5.41) is 7.76. The molecule has 2 aliphatic carbocycles. The molecule has 2 atom stereocenters. The van der Waals surface area contributed by atoms with Crippen molar-refractivity contribution < 1.29 is 8.76 Å². The van der Waals surface area contributed by atoms with E-state index in [4.69, 9.17) is 21.4 Å². The minimum absolute atomic E-state index is 0.141. The summed E-state index contributed by atoms with van der Waals surface area (Å²) < 4.78 is 24.0. The van der Waals surface area contributed by atoms with Gasteiger partial charge in [-0.15, -0.1) is 0 Å². The normalized spacial score (nSPS) is 20.2. The lowest BCUT2D eigenvalue weighted by molar-refractivity contribution is 0.534. The number of nitrogens with one attached hydrogen (secondary N) is 2. The number of nitrogens with two attached hydrogens (primary N) is 2. The molecule has 28 heavy (non-hydrogen) atoms. The highest BCUT2D eigenvalue weighted by Crippen LogP contribution is 2.40. The van der Waals surface area contributed by atoms with Gasteiger partial charge in [0.05, 0.1) is 0 Å². The van der Waals surface area contributed by atoms with Crippen LogP contribution in [0.4, 0.5) is 5.82 Å². The average molecular weight is 407 g/mol. The minimum atomic E-state index is -2.03. The Bertz CT molecular complexity index is 842. The Morgan fingerprint density at radius 1 is 1.50 bits per heavy atom. The van der Waals surface area contributed by atoms with Crippen LogP contribution in [0.2, 0.25) is 0 Å².